The van der Waals surface area contributed by atoms with Crippen LogP contribution in [0.25, 0.3) is 0 Å². The third-order valence-corrected chi connectivity index (χ3v) is 2.55. The summed E-state index contributed by atoms with van der Waals surface area (Å²) in [4.78, 5) is 11.7. The minimum atomic E-state index is 0.0939. The van der Waals surface area contributed by atoms with Gasteiger partial charge in [-0.2, -0.15) is 0 Å². The second kappa shape index (κ2) is 5.85. The highest BCUT2D eigenvalue weighted by atomic mass is 79.9. The van der Waals surface area contributed by atoms with Crippen LogP contribution in [0.15, 0.2) is 34.3 Å². The predicted octanol–water partition coefficient (Wildman–Crippen LogP) is 3.54. The molecule has 0 aromatic heterocycles. The second-order valence-electron chi connectivity index (χ2n) is 3.82. The van der Waals surface area contributed by atoms with Crippen LogP contribution in [0.4, 0.5) is 0 Å². The van der Waals surface area contributed by atoms with Gasteiger partial charge in [-0.3, -0.25) is 4.79 Å². The summed E-state index contributed by atoms with van der Waals surface area (Å²) in [5.41, 5.74) is 1.92. The summed E-state index contributed by atoms with van der Waals surface area (Å²) in [5, 5.41) is 0. The van der Waals surface area contributed by atoms with Crippen LogP contribution >= 0.6 is 15.9 Å². The Hall–Kier alpha value is -1.09. The van der Waals surface area contributed by atoms with Gasteiger partial charge in [-0.25, -0.2) is 0 Å². The SMILES string of the molecule is COc1ccc(Br)cc1CC(=O)C=C(C)C. The third kappa shape index (κ3) is 3.81. The summed E-state index contributed by atoms with van der Waals surface area (Å²) in [6.07, 6.45) is 2.02. The number of rotatable bonds is 4. The monoisotopic (exact) mass is 282 g/mol. The van der Waals surface area contributed by atoms with Gasteiger partial charge < -0.3 is 4.74 Å². The molecule has 0 aliphatic carbocycles. The Kier molecular flexibility index (Phi) is 4.74. The van der Waals surface area contributed by atoms with Crippen molar-refractivity contribution in [2.24, 2.45) is 0 Å². The number of ketones is 1. The van der Waals surface area contributed by atoms with E-state index in [2.05, 4.69) is 15.9 Å². The fraction of sp³-hybridized carbons (Fsp3) is 0.308. The Morgan fingerprint density at radius 2 is 2.12 bits per heavy atom. The van der Waals surface area contributed by atoms with E-state index >= 15 is 0 Å². The van der Waals surface area contributed by atoms with Crippen molar-refractivity contribution in [1.29, 1.82) is 0 Å². The van der Waals surface area contributed by atoms with E-state index < -0.39 is 0 Å². The topological polar surface area (TPSA) is 26.3 Å². The number of hydrogen-bond acceptors (Lipinski definition) is 2. The molecule has 16 heavy (non-hydrogen) atoms. The molecule has 0 fully saturated rings. The fourth-order valence-corrected chi connectivity index (χ4v) is 1.85. The van der Waals surface area contributed by atoms with Gasteiger partial charge in [0.15, 0.2) is 5.78 Å². The molecule has 1 aromatic rings. The van der Waals surface area contributed by atoms with Crippen LogP contribution < -0.4 is 4.74 Å². The molecule has 3 heteroatoms. The lowest BCUT2D eigenvalue weighted by Gasteiger charge is -2.07. The zero-order valence-electron chi connectivity index (χ0n) is 9.71. The molecule has 1 aromatic carbocycles. The molecular weight excluding hydrogens is 268 g/mol. The molecule has 0 aliphatic rings. The lowest BCUT2D eigenvalue weighted by molar-refractivity contribution is -0.114. The molecule has 0 N–H and O–H groups in total. The highest BCUT2D eigenvalue weighted by molar-refractivity contribution is 9.10. The van der Waals surface area contributed by atoms with Crippen LogP contribution in [0, 0.1) is 0 Å². The summed E-state index contributed by atoms with van der Waals surface area (Å²) >= 11 is 3.38. The van der Waals surface area contributed by atoms with E-state index in [1.165, 1.54) is 0 Å². The fourth-order valence-electron chi connectivity index (χ4n) is 1.45. The summed E-state index contributed by atoms with van der Waals surface area (Å²) in [7, 11) is 1.61. The first-order chi connectivity index (χ1) is 7.52. The summed E-state index contributed by atoms with van der Waals surface area (Å²) in [6, 6.07) is 5.67. The Bertz CT molecular complexity index is 418. The first kappa shape index (κ1) is 13.0. The van der Waals surface area contributed by atoms with Crippen molar-refractivity contribution in [2.45, 2.75) is 20.3 Å². The molecule has 0 heterocycles. The molecule has 0 amide bonds. The summed E-state index contributed by atoms with van der Waals surface area (Å²) in [6.45, 7) is 3.83. The highest BCUT2D eigenvalue weighted by Gasteiger charge is 2.07. The molecule has 2 nitrogen and oxygen atoms in total. The zero-order valence-corrected chi connectivity index (χ0v) is 11.3. The van der Waals surface area contributed by atoms with Gasteiger partial charge >= 0.3 is 0 Å². The molecule has 86 valence electrons. The number of carbonyl (C=O) groups excluding carboxylic acids is 1. The van der Waals surface area contributed by atoms with E-state index in [0.717, 1.165) is 21.4 Å². The number of halogens is 1. The van der Waals surface area contributed by atoms with Crippen LogP contribution in [-0.4, -0.2) is 12.9 Å². The van der Waals surface area contributed by atoms with Crippen LogP contribution in [-0.2, 0) is 11.2 Å². The van der Waals surface area contributed by atoms with Gasteiger partial charge in [0.25, 0.3) is 0 Å². The zero-order chi connectivity index (χ0) is 12.1. The quantitative estimate of drug-likeness (QED) is 0.790. The maximum atomic E-state index is 11.7. The van der Waals surface area contributed by atoms with E-state index in [0.29, 0.717) is 6.42 Å². The van der Waals surface area contributed by atoms with Gasteiger partial charge in [-0.15, -0.1) is 0 Å². The van der Waals surface area contributed by atoms with Gasteiger partial charge in [0.1, 0.15) is 5.75 Å². The van der Waals surface area contributed by atoms with Gasteiger partial charge in [0.05, 0.1) is 7.11 Å². The van der Waals surface area contributed by atoms with Gasteiger partial charge in [0.2, 0.25) is 0 Å². The van der Waals surface area contributed by atoms with Crippen molar-refractivity contribution >= 4 is 21.7 Å². The summed E-state index contributed by atoms with van der Waals surface area (Å²) in [5.74, 6) is 0.843. The van der Waals surface area contributed by atoms with E-state index in [4.69, 9.17) is 4.74 Å². The van der Waals surface area contributed by atoms with Crippen LogP contribution in [0.3, 0.4) is 0 Å². The largest absolute Gasteiger partial charge is 0.496 e. The van der Waals surface area contributed by atoms with Crippen molar-refractivity contribution in [1.82, 2.24) is 0 Å². The lowest BCUT2D eigenvalue weighted by Crippen LogP contribution is -2.01. The Morgan fingerprint density at radius 3 is 2.69 bits per heavy atom. The Labute approximate surface area is 104 Å². The normalized spacial score (nSPS) is 9.75. The molecule has 0 unspecified atom stereocenters. The van der Waals surface area contributed by atoms with Gasteiger partial charge in [-0.1, -0.05) is 21.5 Å². The molecule has 0 atom stereocenters. The lowest BCUT2D eigenvalue weighted by atomic mass is 10.1. The second-order valence-corrected chi connectivity index (χ2v) is 4.74. The molecule has 0 saturated heterocycles. The van der Waals surface area contributed by atoms with Crippen molar-refractivity contribution < 1.29 is 9.53 Å². The van der Waals surface area contributed by atoms with Crippen molar-refractivity contribution in [3.63, 3.8) is 0 Å². The van der Waals surface area contributed by atoms with Crippen LogP contribution in [0.2, 0.25) is 0 Å². The molecule has 0 spiro atoms. The first-order valence-electron chi connectivity index (χ1n) is 5.03. The van der Waals surface area contributed by atoms with E-state index in [9.17, 15) is 4.79 Å². The summed E-state index contributed by atoms with van der Waals surface area (Å²) < 4.78 is 6.16. The number of methoxy groups -OCH3 is 1. The van der Waals surface area contributed by atoms with Gasteiger partial charge in [-0.05, 0) is 38.1 Å². The van der Waals surface area contributed by atoms with Crippen LogP contribution in [0.5, 0.6) is 5.75 Å². The van der Waals surface area contributed by atoms with Crippen molar-refractivity contribution in [2.75, 3.05) is 7.11 Å². The molecular formula is C13H15BrO2. The molecule has 0 bridgehead atoms. The minimum absolute atomic E-state index is 0.0939. The smallest absolute Gasteiger partial charge is 0.160 e. The van der Waals surface area contributed by atoms with E-state index in [1.54, 1.807) is 13.2 Å². The van der Waals surface area contributed by atoms with Gasteiger partial charge in [0, 0.05) is 16.5 Å². The third-order valence-electron chi connectivity index (χ3n) is 2.06. The number of hydrogen-bond donors (Lipinski definition) is 0. The molecule has 1 rings (SSSR count). The maximum Gasteiger partial charge on any atom is 0.160 e. The maximum absolute atomic E-state index is 11.7. The number of allylic oxidation sites excluding steroid dienone is 2. The average molecular weight is 283 g/mol. The Balaban J connectivity index is 2.91. The minimum Gasteiger partial charge on any atom is -0.496 e. The van der Waals surface area contributed by atoms with E-state index in [-0.39, 0.29) is 5.78 Å². The molecule has 0 saturated carbocycles. The van der Waals surface area contributed by atoms with E-state index in [1.807, 2.05) is 32.0 Å². The number of benzene rings is 1. The number of ether oxygens (including phenoxy) is 1. The molecule has 0 radical (unpaired) electrons. The van der Waals surface area contributed by atoms with Crippen molar-refractivity contribution in [3.8, 4) is 5.75 Å². The molecule has 0 aliphatic heterocycles. The highest BCUT2D eigenvalue weighted by Crippen LogP contribution is 2.23. The Morgan fingerprint density at radius 1 is 1.44 bits per heavy atom. The first-order valence-corrected chi connectivity index (χ1v) is 5.82. The average Bonchev–Trinajstić information content (AvgIpc) is 2.16. The van der Waals surface area contributed by atoms with Crippen LogP contribution in [0.1, 0.15) is 19.4 Å². The number of carbonyl (C=O) groups is 1. The predicted molar refractivity (Wildman–Crippen MR) is 68.8 cm³/mol. The van der Waals surface area contributed by atoms with Crippen molar-refractivity contribution in [3.05, 3.63) is 39.9 Å². The standard InChI is InChI=1S/C13H15BrO2/c1-9(2)6-12(15)8-10-7-11(14)4-5-13(10)16-3/h4-7H,8H2,1-3H3.